The molecule has 3 aliphatic rings. The lowest BCUT2D eigenvalue weighted by Crippen LogP contribution is -2.10. The van der Waals surface area contributed by atoms with Gasteiger partial charge in [0.1, 0.15) is 67.5 Å². The number of ether oxygens (including phenoxy) is 10. The largest absolute Gasteiger partial charge is 0.508 e. The second-order valence-corrected chi connectivity index (χ2v) is 35.2. The van der Waals surface area contributed by atoms with Crippen LogP contribution in [0.25, 0.3) is 5.57 Å². The third-order valence-electron chi connectivity index (χ3n) is 25.3. The van der Waals surface area contributed by atoms with Gasteiger partial charge in [0.2, 0.25) is 0 Å². The molecule has 19 rings (SSSR count). The molecular formula is C128H119NO19. The number of carbonyl (C=O) groups is 7. The molecule has 20 nitrogen and oxygen atoms in total. The topological polar surface area (TPSA) is 265 Å². The molecule has 16 aromatic rings. The first-order valence-electron chi connectivity index (χ1n) is 49.5. The minimum absolute atomic E-state index is 0.0426. The first kappa shape index (κ1) is 106. The average Bonchev–Trinajstić information content (AvgIpc) is 1.60. The Balaban J connectivity index is 0.000000141. The van der Waals surface area contributed by atoms with E-state index in [2.05, 4.69) is 60.1 Å². The number of carbonyl (C=O) groups excluding carboxylic acids is 6. The van der Waals surface area contributed by atoms with E-state index >= 15 is 0 Å². The Morgan fingerprint density at radius 3 is 0.709 bits per heavy atom. The molecule has 15 aromatic carbocycles. The molecule has 3 saturated carbocycles. The van der Waals surface area contributed by atoms with Gasteiger partial charge < -0.3 is 57.6 Å². The molecule has 0 saturated heterocycles. The van der Waals surface area contributed by atoms with Gasteiger partial charge in [0.15, 0.2) is 5.78 Å². The Morgan fingerprint density at radius 2 is 0.459 bits per heavy atom. The summed E-state index contributed by atoms with van der Waals surface area (Å²) in [4.78, 5) is 86.3. The molecule has 750 valence electrons. The summed E-state index contributed by atoms with van der Waals surface area (Å²) in [5.74, 6) is 1.62. The van der Waals surface area contributed by atoms with Gasteiger partial charge in [0, 0.05) is 33.6 Å². The van der Waals surface area contributed by atoms with Crippen LogP contribution in [0.3, 0.4) is 0 Å². The summed E-state index contributed by atoms with van der Waals surface area (Å²) in [6, 6.07) is 128. The summed E-state index contributed by atoms with van der Waals surface area (Å²) in [7, 11) is 0. The van der Waals surface area contributed by atoms with Crippen LogP contribution in [-0.4, -0.2) is 89.8 Å². The number of aromatic nitrogens is 1. The maximum Gasteiger partial charge on any atom is 0.338 e. The fourth-order valence-electron chi connectivity index (χ4n) is 16.6. The number of nitrogens with zero attached hydrogens (tertiary/aromatic N) is 1. The van der Waals surface area contributed by atoms with Gasteiger partial charge in [-0.05, 0) is 315 Å². The Hall–Kier alpha value is -17.5. The maximum absolute atomic E-state index is 12.6. The summed E-state index contributed by atoms with van der Waals surface area (Å²) in [5.41, 5.74) is 19.9. The van der Waals surface area contributed by atoms with Crippen LogP contribution in [0.5, 0.6) is 34.5 Å². The van der Waals surface area contributed by atoms with Crippen molar-refractivity contribution in [3.05, 3.63) is 536 Å². The molecule has 20 heteroatoms. The van der Waals surface area contributed by atoms with Crippen molar-refractivity contribution < 1.29 is 91.1 Å². The zero-order chi connectivity index (χ0) is 104. The van der Waals surface area contributed by atoms with E-state index in [0.717, 1.165) is 100 Å². The van der Waals surface area contributed by atoms with Crippen LogP contribution in [0.2, 0.25) is 0 Å². The number of aromatic hydroxyl groups is 1. The molecule has 3 fully saturated rings. The number of carboxylic acids is 1. The molecule has 0 spiro atoms. The quantitative estimate of drug-likeness (QED) is 0.0210. The standard InChI is InChI=1S/C25H24O3.C24H23NO3.C24H22O3.C23H20O4.C18H18O3.C14H12O3/c1-2-27-24(26)20-8-10-21(11-9-20)25(16-17-25)22-12-14-23(15-13-22)28-18-19-6-4-3-5-7-19;1-2-27-23(26)18-6-8-19(9-7-18)24(14-15-24)20-10-12-22(13-11-20)28-17-21-5-3-4-16-25-21;1-3-26-24(25)22-11-9-20(10-12-22)18(2)21-13-15-23(16-14-21)27-17-19-7-5-4-6-8-19;1-2-26-23(25)20-10-8-18(9-11-20)22(24)19-12-14-21(15-13-19)27-16-17-6-4-3-5-7-17;1-2-21-17(20)13-3-5-14(6-4-13)18(11-12-18)15-7-9-16(19)10-8-15;15-14(16)12-6-8-13(9-7-12)17-10-11-4-2-1-3-5-11/h3-15H,2,16-18H2,1H3;3-13,16H,2,14-15,17H2,1H3;4-16H,2-3,17H2,1H3;3-15H,2,16H2,1H3;3-10,19H,2,11-12H2,1H3;1-9H,10H2,(H,15,16). The minimum Gasteiger partial charge on any atom is -0.508 e. The number of hydrogen-bond donors (Lipinski definition) is 2. The number of phenols is 1. The van der Waals surface area contributed by atoms with Crippen molar-refractivity contribution in [1.82, 2.24) is 4.98 Å². The number of pyridine rings is 1. The first-order chi connectivity index (χ1) is 72.2. The van der Waals surface area contributed by atoms with Crippen molar-refractivity contribution in [2.75, 3.05) is 33.0 Å². The lowest BCUT2D eigenvalue weighted by atomic mass is 9.87. The van der Waals surface area contributed by atoms with E-state index in [4.69, 9.17) is 52.5 Å². The highest BCUT2D eigenvalue weighted by molar-refractivity contribution is 6.09. The van der Waals surface area contributed by atoms with Crippen LogP contribution in [0.15, 0.2) is 419 Å². The molecule has 3 aliphatic carbocycles. The fraction of sp³-hybridized carbons (Fsp3) is 0.188. The lowest BCUT2D eigenvalue weighted by Gasteiger charge is -2.17. The summed E-state index contributed by atoms with van der Waals surface area (Å²) in [6.07, 6.45) is 8.42. The first-order valence-corrected chi connectivity index (χ1v) is 49.5. The summed E-state index contributed by atoms with van der Waals surface area (Å²) < 4.78 is 53.9. The molecular weight excluding hydrogens is 1860 g/mol. The van der Waals surface area contributed by atoms with Crippen molar-refractivity contribution in [2.24, 2.45) is 0 Å². The third-order valence-corrected chi connectivity index (χ3v) is 25.3. The van der Waals surface area contributed by atoms with Crippen LogP contribution >= 0.6 is 0 Å². The van der Waals surface area contributed by atoms with Crippen LogP contribution < -0.4 is 23.7 Å². The van der Waals surface area contributed by atoms with Gasteiger partial charge in [-0.3, -0.25) is 9.78 Å². The van der Waals surface area contributed by atoms with Crippen molar-refractivity contribution in [2.45, 2.75) is 122 Å². The molecule has 2 N–H and O–H groups in total. The van der Waals surface area contributed by atoms with E-state index in [1.807, 2.05) is 275 Å². The highest BCUT2D eigenvalue weighted by Crippen LogP contribution is 2.56. The van der Waals surface area contributed by atoms with Crippen LogP contribution in [0.1, 0.15) is 224 Å². The van der Waals surface area contributed by atoms with E-state index < -0.39 is 11.9 Å². The molecule has 148 heavy (non-hydrogen) atoms. The van der Waals surface area contributed by atoms with E-state index in [1.165, 1.54) is 45.5 Å². The van der Waals surface area contributed by atoms with E-state index in [0.29, 0.717) is 117 Å². The average molecular weight is 1980 g/mol. The lowest BCUT2D eigenvalue weighted by molar-refractivity contribution is 0.0516. The second-order valence-electron chi connectivity index (χ2n) is 35.2. The van der Waals surface area contributed by atoms with Gasteiger partial charge in [-0.15, -0.1) is 0 Å². The molecule has 1 aromatic heterocycles. The number of phenolic OH excluding ortho intramolecular Hbond substituents is 1. The number of benzene rings is 15. The van der Waals surface area contributed by atoms with Gasteiger partial charge in [-0.2, -0.15) is 0 Å². The predicted molar refractivity (Wildman–Crippen MR) is 573 cm³/mol. The van der Waals surface area contributed by atoms with Gasteiger partial charge in [-0.1, -0.05) is 243 Å². The Labute approximate surface area is 864 Å². The van der Waals surface area contributed by atoms with Crippen molar-refractivity contribution in [3.63, 3.8) is 0 Å². The second kappa shape index (κ2) is 53.2. The Kier molecular flexibility index (Phi) is 38.2. The minimum atomic E-state index is -0.931. The molecule has 0 atom stereocenters. The van der Waals surface area contributed by atoms with Crippen LogP contribution in [0, 0.1) is 0 Å². The van der Waals surface area contributed by atoms with E-state index in [9.17, 15) is 38.7 Å². The number of hydrogen-bond acceptors (Lipinski definition) is 19. The number of esters is 5. The summed E-state index contributed by atoms with van der Waals surface area (Å²) in [6.45, 7) is 17.5. The van der Waals surface area contributed by atoms with Gasteiger partial charge in [0.05, 0.1) is 72.1 Å². The van der Waals surface area contributed by atoms with Crippen LogP contribution in [-0.2, 0) is 73.0 Å². The fourth-order valence-corrected chi connectivity index (χ4v) is 16.6. The summed E-state index contributed by atoms with van der Waals surface area (Å²) >= 11 is 0. The molecule has 0 unspecified atom stereocenters. The van der Waals surface area contributed by atoms with Crippen molar-refractivity contribution in [3.8, 4) is 34.5 Å². The van der Waals surface area contributed by atoms with Gasteiger partial charge in [0.25, 0.3) is 0 Å². The highest BCUT2D eigenvalue weighted by Gasteiger charge is 2.48. The van der Waals surface area contributed by atoms with E-state index in [1.54, 1.807) is 112 Å². The highest BCUT2D eigenvalue weighted by atomic mass is 16.6. The van der Waals surface area contributed by atoms with Crippen LogP contribution in [0.4, 0.5) is 0 Å². The Bertz CT molecular complexity index is 6630. The molecule has 0 radical (unpaired) electrons. The number of rotatable bonds is 36. The molecule has 0 amide bonds. The molecule has 1 heterocycles. The molecule has 0 aliphatic heterocycles. The third kappa shape index (κ3) is 30.1. The zero-order valence-electron chi connectivity index (χ0n) is 83.6. The maximum atomic E-state index is 12.6. The number of ketones is 1. The normalized spacial score (nSPS) is 12.5. The Morgan fingerprint density at radius 1 is 0.250 bits per heavy atom. The monoisotopic (exact) mass is 1970 g/mol. The zero-order valence-corrected chi connectivity index (χ0v) is 83.6. The predicted octanol–water partition coefficient (Wildman–Crippen LogP) is 27.2. The van der Waals surface area contributed by atoms with Crippen molar-refractivity contribution in [1.29, 1.82) is 0 Å². The van der Waals surface area contributed by atoms with Gasteiger partial charge >= 0.3 is 35.8 Å². The number of aromatic carboxylic acids is 1. The van der Waals surface area contributed by atoms with E-state index in [-0.39, 0.29) is 57.2 Å². The SMILES string of the molecule is C=C(c1ccc(OCc2ccccc2)cc1)c1ccc(C(=O)OCC)cc1.CCOC(=O)c1ccc(C(=O)c2ccc(OCc3ccccc3)cc2)cc1.CCOC(=O)c1ccc(C2(c3ccc(O)cc3)CC2)cc1.CCOC(=O)c1ccc(C2(c3ccc(OCc4ccccc4)cc3)CC2)cc1.CCOC(=O)c1ccc(C2(c3ccc(OCc4ccccn4)cc3)CC2)cc1.O=C(O)c1ccc(OCc2ccccc2)cc1. The molecule has 0 bridgehead atoms. The summed E-state index contributed by atoms with van der Waals surface area (Å²) in [5, 5.41) is 18.2. The number of carboxylic acid groups (broad SMARTS) is 1. The van der Waals surface area contributed by atoms with Crippen molar-refractivity contribution >= 4 is 47.2 Å². The smallest absolute Gasteiger partial charge is 0.338 e. The van der Waals surface area contributed by atoms with Gasteiger partial charge in [-0.25, -0.2) is 28.8 Å².